The minimum Gasteiger partial charge on any atom is -0.449 e. The first kappa shape index (κ1) is 15.8. The molecule has 1 fully saturated rings. The molecule has 1 aliphatic rings. The van der Waals surface area contributed by atoms with Gasteiger partial charge in [0.2, 0.25) is 0 Å². The first-order valence-corrected chi connectivity index (χ1v) is 7.60. The number of hydrogen-bond donors (Lipinski definition) is 1. The summed E-state index contributed by atoms with van der Waals surface area (Å²) in [5.74, 6) is 0. The second-order valence-corrected chi connectivity index (χ2v) is 5.20. The van der Waals surface area contributed by atoms with Crippen LogP contribution in [0.25, 0.3) is 0 Å². The van der Waals surface area contributed by atoms with Gasteiger partial charge in [0, 0.05) is 25.3 Å². The lowest BCUT2D eigenvalue weighted by atomic mass is 10.2. The molecular formula is C16H24N2O3. The summed E-state index contributed by atoms with van der Waals surface area (Å²) in [7, 11) is 0. The summed E-state index contributed by atoms with van der Waals surface area (Å²) in [5, 5.41) is 2.74. The van der Waals surface area contributed by atoms with E-state index in [2.05, 4.69) is 17.1 Å². The average molecular weight is 292 g/mol. The van der Waals surface area contributed by atoms with E-state index >= 15 is 0 Å². The maximum absolute atomic E-state index is 11.5. The molecule has 0 atom stereocenters. The first-order valence-electron chi connectivity index (χ1n) is 7.60. The maximum atomic E-state index is 11.5. The second kappa shape index (κ2) is 8.64. The third kappa shape index (κ3) is 5.73. The van der Waals surface area contributed by atoms with Crippen LogP contribution in [0.4, 0.5) is 10.5 Å². The summed E-state index contributed by atoms with van der Waals surface area (Å²) < 4.78 is 10.4. The molecule has 0 aromatic heterocycles. The van der Waals surface area contributed by atoms with Gasteiger partial charge in [-0.2, -0.15) is 0 Å². The predicted molar refractivity (Wildman–Crippen MR) is 82.4 cm³/mol. The van der Waals surface area contributed by atoms with Gasteiger partial charge in [0.15, 0.2) is 0 Å². The highest BCUT2D eigenvalue weighted by Gasteiger charge is 2.10. The van der Waals surface area contributed by atoms with Gasteiger partial charge < -0.3 is 9.47 Å². The smallest absolute Gasteiger partial charge is 0.411 e. The topological polar surface area (TPSA) is 50.8 Å². The van der Waals surface area contributed by atoms with Crippen molar-refractivity contribution in [2.24, 2.45) is 0 Å². The molecule has 0 bridgehead atoms. The van der Waals surface area contributed by atoms with Crippen LogP contribution in [0.3, 0.4) is 0 Å². The Morgan fingerprint density at radius 3 is 2.67 bits per heavy atom. The Kier molecular flexibility index (Phi) is 6.50. The highest BCUT2D eigenvalue weighted by molar-refractivity contribution is 5.84. The van der Waals surface area contributed by atoms with Crippen LogP contribution in [-0.2, 0) is 16.0 Å². The number of morpholine rings is 1. The van der Waals surface area contributed by atoms with E-state index in [4.69, 9.17) is 9.47 Å². The number of anilines is 1. The minimum absolute atomic E-state index is 0.385. The van der Waals surface area contributed by atoms with E-state index in [0.717, 1.165) is 51.4 Å². The van der Waals surface area contributed by atoms with Crippen molar-refractivity contribution >= 4 is 11.8 Å². The van der Waals surface area contributed by atoms with E-state index in [9.17, 15) is 4.79 Å². The first-order chi connectivity index (χ1) is 10.3. The molecule has 1 aromatic rings. The lowest BCUT2D eigenvalue weighted by molar-refractivity contribution is 0.0342. The fourth-order valence-electron chi connectivity index (χ4n) is 2.17. The number of amides is 1. The molecule has 1 aliphatic heterocycles. The molecule has 0 radical (unpaired) electrons. The van der Waals surface area contributed by atoms with E-state index in [1.165, 1.54) is 5.56 Å². The Morgan fingerprint density at radius 2 is 2.00 bits per heavy atom. The summed E-state index contributed by atoms with van der Waals surface area (Å²) >= 11 is 0. The van der Waals surface area contributed by atoms with Gasteiger partial charge in [0.25, 0.3) is 0 Å². The standard InChI is InChI=1S/C16H24N2O3/c1-2-3-10-21-16(19)17-15-6-4-14(5-7-15)13-18-8-11-20-12-9-18/h4-7H,2-3,8-13H2,1H3,(H,17,19). The molecule has 5 nitrogen and oxygen atoms in total. The molecule has 0 spiro atoms. The number of carbonyl (C=O) groups excluding carboxylic acids is 1. The zero-order valence-corrected chi connectivity index (χ0v) is 12.6. The molecule has 2 rings (SSSR count). The largest absolute Gasteiger partial charge is 0.449 e. The Labute approximate surface area is 126 Å². The van der Waals surface area contributed by atoms with Crippen molar-refractivity contribution in [1.82, 2.24) is 4.90 Å². The van der Waals surface area contributed by atoms with E-state index < -0.39 is 0 Å². The van der Waals surface area contributed by atoms with E-state index in [-0.39, 0.29) is 6.09 Å². The molecule has 5 heteroatoms. The van der Waals surface area contributed by atoms with Gasteiger partial charge in [-0.3, -0.25) is 10.2 Å². The number of unbranched alkanes of at least 4 members (excludes halogenated alkanes) is 1. The van der Waals surface area contributed by atoms with Gasteiger partial charge in [-0.1, -0.05) is 25.5 Å². The molecule has 21 heavy (non-hydrogen) atoms. The molecule has 116 valence electrons. The van der Waals surface area contributed by atoms with Crippen molar-refractivity contribution in [3.8, 4) is 0 Å². The molecular weight excluding hydrogens is 268 g/mol. The molecule has 0 unspecified atom stereocenters. The number of nitrogens with zero attached hydrogens (tertiary/aromatic N) is 1. The lowest BCUT2D eigenvalue weighted by Crippen LogP contribution is -2.35. The normalized spacial score (nSPS) is 15.7. The fraction of sp³-hybridized carbons (Fsp3) is 0.562. The van der Waals surface area contributed by atoms with Crippen molar-refractivity contribution in [2.75, 3.05) is 38.2 Å². The Hall–Kier alpha value is -1.59. The van der Waals surface area contributed by atoms with Gasteiger partial charge in [-0.25, -0.2) is 4.79 Å². The Balaban J connectivity index is 1.77. The van der Waals surface area contributed by atoms with Gasteiger partial charge in [-0.15, -0.1) is 0 Å². The molecule has 1 amide bonds. The van der Waals surface area contributed by atoms with Gasteiger partial charge >= 0.3 is 6.09 Å². The SMILES string of the molecule is CCCCOC(=O)Nc1ccc(CN2CCOCC2)cc1. The van der Waals surface area contributed by atoms with Gasteiger partial charge in [0.1, 0.15) is 0 Å². The van der Waals surface area contributed by atoms with Crippen molar-refractivity contribution in [1.29, 1.82) is 0 Å². The quantitative estimate of drug-likeness (QED) is 0.819. The van der Waals surface area contributed by atoms with Crippen LogP contribution < -0.4 is 5.32 Å². The van der Waals surface area contributed by atoms with Crippen LogP contribution in [0, 0.1) is 0 Å². The number of ether oxygens (including phenoxy) is 2. The van der Waals surface area contributed by atoms with Crippen molar-refractivity contribution in [2.45, 2.75) is 26.3 Å². The highest BCUT2D eigenvalue weighted by Crippen LogP contribution is 2.12. The van der Waals surface area contributed by atoms with Crippen LogP contribution in [0.1, 0.15) is 25.3 Å². The maximum Gasteiger partial charge on any atom is 0.411 e. The third-order valence-electron chi connectivity index (χ3n) is 3.44. The molecule has 1 aromatic carbocycles. The van der Waals surface area contributed by atoms with E-state index in [0.29, 0.717) is 6.61 Å². The van der Waals surface area contributed by atoms with Crippen molar-refractivity contribution in [3.05, 3.63) is 29.8 Å². The summed E-state index contributed by atoms with van der Waals surface area (Å²) in [5.41, 5.74) is 2.00. The van der Waals surface area contributed by atoms with Gasteiger partial charge in [-0.05, 0) is 24.1 Å². The summed E-state index contributed by atoms with van der Waals surface area (Å²) in [6, 6.07) is 7.90. The third-order valence-corrected chi connectivity index (χ3v) is 3.44. The summed E-state index contributed by atoms with van der Waals surface area (Å²) in [6.07, 6.45) is 1.53. The zero-order valence-electron chi connectivity index (χ0n) is 12.6. The number of hydrogen-bond acceptors (Lipinski definition) is 4. The van der Waals surface area contributed by atoms with Crippen LogP contribution in [0.5, 0.6) is 0 Å². The monoisotopic (exact) mass is 292 g/mol. The number of carbonyl (C=O) groups is 1. The molecule has 1 N–H and O–H groups in total. The van der Waals surface area contributed by atoms with Crippen LogP contribution in [-0.4, -0.2) is 43.9 Å². The van der Waals surface area contributed by atoms with E-state index in [1.54, 1.807) is 0 Å². The Morgan fingerprint density at radius 1 is 1.29 bits per heavy atom. The molecule has 0 saturated carbocycles. The predicted octanol–water partition coefficient (Wildman–Crippen LogP) is 2.87. The average Bonchev–Trinajstić information content (AvgIpc) is 2.51. The van der Waals surface area contributed by atoms with Crippen LogP contribution >= 0.6 is 0 Å². The fourth-order valence-corrected chi connectivity index (χ4v) is 2.17. The second-order valence-electron chi connectivity index (χ2n) is 5.20. The minimum atomic E-state index is -0.385. The molecule has 0 aliphatic carbocycles. The number of nitrogens with one attached hydrogen (secondary N) is 1. The highest BCUT2D eigenvalue weighted by atomic mass is 16.5. The van der Waals surface area contributed by atoms with Crippen LogP contribution in [0.2, 0.25) is 0 Å². The van der Waals surface area contributed by atoms with Crippen LogP contribution in [0.15, 0.2) is 24.3 Å². The molecule has 1 saturated heterocycles. The number of rotatable bonds is 6. The molecule has 1 heterocycles. The van der Waals surface area contributed by atoms with Gasteiger partial charge in [0.05, 0.1) is 19.8 Å². The lowest BCUT2D eigenvalue weighted by Gasteiger charge is -2.26. The van der Waals surface area contributed by atoms with Crippen molar-refractivity contribution in [3.63, 3.8) is 0 Å². The zero-order chi connectivity index (χ0) is 14.9. The van der Waals surface area contributed by atoms with E-state index in [1.807, 2.05) is 24.3 Å². The Bertz CT molecular complexity index is 428. The summed E-state index contributed by atoms with van der Waals surface area (Å²) in [4.78, 5) is 13.9. The number of benzene rings is 1. The summed E-state index contributed by atoms with van der Waals surface area (Å²) in [6.45, 7) is 7.02. The van der Waals surface area contributed by atoms with Crippen molar-refractivity contribution < 1.29 is 14.3 Å².